The van der Waals surface area contributed by atoms with Crippen molar-refractivity contribution in [3.05, 3.63) is 71.8 Å². The molecule has 98 valence electrons. The molecule has 1 nitrogen and oxygen atoms in total. The molecule has 1 aliphatic heterocycles. The maximum absolute atomic E-state index is 2.59. The van der Waals surface area contributed by atoms with Gasteiger partial charge in [-0.15, -0.1) is 0 Å². The Kier molecular flexibility index (Phi) is 3.95. The Hall–Kier alpha value is -1.60. The standard InChI is InChI=1S/C18H21N/c1-3-7-16(8-4-1)13-18-11-12-19(15-18)14-17-9-5-2-6-10-17/h1-10,18H,11-15H2/t18-/m0/s1. The lowest BCUT2D eigenvalue weighted by Crippen LogP contribution is -2.20. The van der Waals surface area contributed by atoms with Gasteiger partial charge in [0.2, 0.25) is 0 Å². The Labute approximate surface area is 115 Å². The summed E-state index contributed by atoms with van der Waals surface area (Å²) in [5.41, 5.74) is 2.91. The van der Waals surface area contributed by atoms with Crippen molar-refractivity contribution in [3.8, 4) is 0 Å². The fourth-order valence-corrected chi connectivity index (χ4v) is 3.01. The number of hydrogen-bond acceptors (Lipinski definition) is 1. The van der Waals surface area contributed by atoms with Crippen molar-refractivity contribution in [2.24, 2.45) is 5.92 Å². The van der Waals surface area contributed by atoms with Crippen LogP contribution in [0, 0.1) is 5.92 Å². The summed E-state index contributed by atoms with van der Waals surface area (Å²) in [5.74, 6) is 0.825. The normalized spacial score (nSPS) is 19.7. The minimum Gasteiger partial charge on any atom is -0.299 e. The third-order valence-corrected chi connectivity index (χ3v) is 3.99. The Morgan fingerprint density at radius 2 is 1.47 bits per heavy atom. The SMILES string of the molecule is c1ccc(C[C@@H]2CCN(Cc3ccccc3)C2)cc1. The van der Waals surface area contributed by atoms with E-state index in [0.29, 0.717) is 0 Å². The first kappa shape index (κ1) is 12.4. The van der Waals surface area contributed by atoms with Crippen LogP contribution in [0.4, 0.5) is 0 Å². The predicted octanol–water partition coefficient (Wildman–Crippen LogP) is 3.75. The van der Waals surface area contributed by atoms with Gasteiger partial charge in [-0.3, -0.25) is 4.90 Å². The lowest BCUT2D eigenvalue weighted by atomic mass is 9.99. The van der Waals surface area contributed by atoms with Crippen LogP contribution in [-0.4, -0.2) is 18.0 Å². The first-order valence-corrected chi connectivity index (χ1v) is 7.20. The molecule has 0 spiro atoms. The van der Waals surface area contributed by atoms with Crippen molar-refractivity contribution in [3.63, 3.8) is 0 Å². The molecule has 2 aromatic rings. The molecule has 1 fully saturated rings. The molecule has 3 rings (SSSR count). The summed E-state index contributed by atoms with van der Waals surface area (Å²) in [6.07, 6.45) is 2.56. The summed E-state index contributed by atoms with van der Waals surface area (Å²) in [6.45, 7) is 3.59. The minimum absolute atomic E-state index is 0.825. The van der Waals surface area contributed by atoms with E-state index in [1.165, 1.54) is 37.1 Å². The molecule has 1 atom stereocenters. The molecule has 1 heterocycles. The van der Waals surface area contributed by atoms with Gasteiger partial charge in [-0.05, 0) is 36.4 Å². The molecule has 1 aliphatic rings. The van der Waals surface area contributed by atoms with E-state index in [1.807, 2.05) is 0 Å². The molecule has 1 saturated heterocycles. The average Bonchev–Trinajstić information content (AvgIpc) is 2.88. The van der Waals surface area contributed by atoms with E-state index in [-0.39, 0.29) is 0 Å². The Bertz CT molecular complexity index is 444. The smallest absolute Gasteiger partial charge is 0.0233 e. The van der Waals surface area contributed by atoms with Crippen LogP contribution in [0.1, 0.15) is 17.5 Å². The number of benzene rings is 2. The first-order chi connectivity index (χ1) is 9.40. The molecule has 0 radical (unpaired) electrons. The molecule has 0 aliphatic carbocycles. The topological polar surface area (TPSA) is 3.24 Å². The Balaban J connectivity index is 1.53. The van der Waals surface area contributed by atoms with E-state index < -0.39 is 0 Å². The van der Waals surface area contributed by atoms with E-state index in [9.17, 15) is 0 Å². The Morgan fingerprint density at radius 3 is 2.16 bits per heavy atom. The van der Waals surface area contributed by atoms with Crippen molar-refractivity contribution in [2.75, 3.05) is 13.1 Å². The number of likely N-dealkylation sites (tertiary alicyclic amines) is 1. The van der Waals surface area contributed by atoms with Crippen LogP contribution < -0.4 is 0 Å². The molecule has 0 unspecified atom stereocenters. The third kappa shape index (κ3) is 3.45. The van der Waals surface area contributed by atoms with Crippen LogP contribution in [0.5, 0.6) is 0 Å². The van der Waals surface area contributed by atoms with Crippen LogP contribution in [0.2, 0.25) is 0 Å². The van der Waals surface area contributed by atoms with Gasteiger partial charge < -0.3 is 0 Å². The molecule has 0 bridgehead atoms. The summed E-state index contributed by atoms with van der Waals surface area (Å²) < 4.78 is 0. The molecular formula is C18H21N. The van der Waals surface area contributed by atoms with Gasteiger partial charge in [-0.1, -0.05) is 60.7 Å². The molecule has 1 heteroatoms. The number of hydrogen-bond donors (Lipinski definition) is 0. The Morgan fingerprint density at radius 1 is 0.842 bits per heavy atom. The van der Waals surface area contributed by atoms with Crippen LogP contribution in [0.15, 0.2) is 60.7 Å². The van der Waals surface area contributed by atoms with E-state index in [1.54, 1.807) is 0 Å². The van der Waals surface area contributed by atoms with Crippen molar-refractivity contribution in [1.29, 1.82) is 0 Å². The van der Waals surface area contributed by atoms with Gasteiger partial charge in [0.1, 0.15) is 0 Å². The van der Waals surface area contributed by atoms with Crippen molar-refractivity contribution < 1.29 is 0 Å². The molecule has 0 N–H and O–H groups in total. The van der Waals surface area contributed by atoms with Gasteiger partial charge in [-0.25, -0.2) is 0 Å². The molecule has 0 saturated carbocycles. The van der Waals surface area contributed by atoms with Crippen LogP contribution >= 0.6 is 0 Å². The fourth-order valence-electron chi connectivity index (χ4n) is 3.01. The van der Waals surface area contributed by atoms with E-state index in [0.717, 1.165) is 12.5 Å². The quantitative estimate of drug-likeness (QED) is 0.800. The van der Waals surface area contributed by atoms with Crippen LogP contribution in [0.25, 0.3) is 0 Å². The zero-order valence-corrected chi connectivity index (χ0v) is 11.3. The van der Waals surface area contributed by atoms with E-state index >= 15 is 0 Å². The minimum atomic E-state index is 0.825. The summed E-state index contributed by atoms with van der Waals surface area (Å²) in [6, 6.07) is 21.7. The summed E-state index contributed by atoms with van der Waals surface area (Å²) in [5, 5.41) is 0. The summed E-state index contributed by atoms with van der Waals surface area (Å²) in [4.78, 5) is 2.59. The molecule has 0 aromatic heterocycles. The molecule has 2 aromatic carbocycles. The van der Waals surface area contributed by atoms with Gasteiger partial charge in [0, 0.05) is 13.1 Å². The highest BCUT2D eigenvalue weighted by Crippen LogP contribution is 2.22. The number of nitrogens with zero attached hydrogens (tertiary/aromatic N) is 1. The van der Waals surface area contributed by atoms with Crippen LogP contribution in [-0.2, 0) is 13.0 Å². The highest BCUT2D eigenvalue weighted by Gasteiger charge is 2.22. The highest BCUT2D eigenvalue weighted by molar-refractivity contribution is 5.16. The first-order valence-electron chi connectivity index (χ1n) is 7.20. The van der Waals surface area contributed by atoms with Gasteiger partial charge >= 0.3 is 0 Å². The maximum Gasteiger partial charge on any atom is 0.0233 e. The average molecular weight is 251 g/mol. The van der Waals surface area contributed by atoms with Crippen LogP contribution in [0.3, 0.4) is 0 Å². The van der Waals surface area contributed by atoms with Gasteiger partial charge in [-0.2, -0.15) is 0 Å². The van der Waals surface area contributed by atoms with Crippen molar-refractivity contribution in [2.45, 2.75) is 19.4 Å². The zero-order valence-electron chi connectivity index (χ0n) is 11.3. The monoisotopic (exact) mass is 251 g/mol. The lowest BCUT2D eigenvalue weighted by Gasteiger charge is -2.16. The van der Waals surface area contributed by atoms with E-state index in [2.05, 4.69) is 65.6 Å². The van der Waals surface area contributed by atoms with Gasteiger partial charge in [0.15, 0.2) is 0 Å². The van der Waals surface area contributed by atoms with Crippen molar-refractivity contribution in [1.82, 2.24) is 4.90 Å². The van der Waals surface area contributed by atoms with E-state index in [4.69, 9.17) is 0 Å². The largest absolute Gasteiger partial charge is 0.299 e. The van der Waals surface area contributed by atoms with Gasteiger partial charge in [0.05, 0.1) is 0 Å². The molecule has 0 amide bonds. The lowest BCUT2D eigenvalue weighted by molar-refractivity contribution is 0.316. The zero-order chi connectivity index (χ0) is 12.9. The molecular weight excluding hydrogens is 230 g/mol. The second kappa shape index (κ2) is 6.03. The fraction of sp³-hybridized carbons (Fsp3) is 0.333. The second-order valence-corrected chi connectivity index (χ2v) is 5.57. The second-order valence-electron chi connectivity index (χ2n) is 5.57. The van der Waals surface area contributed by atoms with Crippen molar-refractivity contribution >= 4 is 0 Å². The highest BCUT2D eigenvalue weighted by atomic mass is 15.1. The number of rotatable bonds is 4. The predicted molar refractivity (Wildman–Crippen MR) is 80.0 cm³/mol. The summed E-state index contributed by atoms with van der Waals surface area (Å²) >= 11 is 0. The van der Waals surface area contributed by atoms with Gasteiger partial charge in [0.25, 0.3) is 0 Å². The third-order valence-electron chi connectivity index (χ3n) is 3.99. The summed E-state index contributed by atoms with van der Waals surface area (Å²) in [7, 11) is 0. The maximum atomic E-state index is 2.59. The molecule has 19 heavy (non-hydrogen) atoms.